The SMILES string of the molecule is CC(C)C(N)C(=O)O[C@H]1[C@@H](CO)O[C@@H](n2ccc(N)nc2=O)C1(C)F. The molecule has 9 nitrogen and oxygen atoms in total. The molecule has 1 fully saturated rings. The number of hydrogen-bond donors (Lipinski definition) is 3. The molecule has 5 atom stereocenters. The molecule has 2 heterocycles. The molecule has 0 saturated carbocycles. The van der Waals surface area contributed by atoms with E-state index in [1.165, 1.54) is 12.3 Å². The highest BCUT2D eigenvalue weighted by atomic mass is 19.1. The first-order valence-electron chi connectivity index (χ1n) is 7.85. The highest BCUT2D eigenvalue weighted by molar-refractivity contribution is 5.76. The lowest BCUT2D eigenvalue weighted by atomic mass is 9.97. The zero-order valence-corrected chi connectivity index (χ0v) is 14.3. The summed E-state index contributed by atoms with van der Waals surface area (Å²) in [5.41, 5.74) is 8.01. The van der Waals surface area contributed by atoms with Crippen LogP contribution in [0.4, 0.5) is 10.2 Å². The molecule has 1 aliphatic heterocycles. The minimum Gasteiger partial charge on any atom is -0.455 e. The summed E-state index contributed by atoms with van der Waals surface area (Å²) >= 11 is 0. The van der Waals surface area contributed by atoms with Crippen LogP contribution in [0, 0.1) is 5.92 Å². The number of rotatable bonds is 5. The molecule has 0 aliphatic carbocycles. The minimum atomic E-state index is -2.30. The second-order valence-corrected chi connectivity index (χ2v) is 6.53. The third-order valence-electron chi connectivity index (χ3n) is 4.20. The van der Waals surface area contributed by atoms with Crippen molar-refractivity contribution in [1.82, 2.24) is 9.55 Å². The smallest absolute Gasteiger partial charge is 0.351 e. The first-order chi connectivity index (χ1) is 11.6. The maximum atomic E-state index is 15.4. The van der Waals surface area contributed by atoms with Crippen LogP contribution in [0.2, 0.25) is 0 Å². The van der Waals surface area contributed by atoms with Gasteiger partial charge in [0.1, 0.15) is 18.0 Å². The maximum absolute atomic E-state index is 15.4. The summed E-state index contributed by atoms with van der Waals surface area (Å²) in [6.45, 7) is 3.95. The standard InChI is InChI=1S/C15H23FN4O5/c1-7(2)10(18)12(22)25-11-8(6-21)24-13(15(11,3)16)20-5-4-9(17)19-14(20)23/h4-5,7-8,10-11,13,21H,6,18H2,1-3H3,(H2,17,19,23)/t8-,10?,11+,13-,15?/m1/s1. The van der Waals surface area contributed by atoms with Gasteiger partial charge in [-0.1, -0.05) is 13.8 Å². The van der Waals surface area contributed by atoms with Crippen molar-refractivity contribution in [1.29, 1.82) is 0 Å². The molecule has 2 unspecified atom stereocenters. The average Bonchev–Trinajstić information content (AvgIpc) is 2.77. The van der Waals surface area contributed by atoms with Gasteiger partial charge in [0.15, 0.2) is 18.0 Å². The highest BCUT2D eigenvalue weighted by Gasteiger charge is 2.58. The van der Waals surface area contributed by atoms with Crippen LogP contribution in [0.3, 0.4) is 0 Å². The Morgan fingerprint density at radius 2 is 2.24 bits per heavy atom. The van der Waals surface area contributed by atoms with Gasteiger partial charge in [-0.2, -0.15) is 4.98 Å². The van der Waals surface area contributed by atoms with Gasteiger partial charge in [-0.25, -0.2) is 9.18 Å². The van der Waals surface area contributed by atoms with Gasteiger partial charge in [0, 0.05) is 6.20 Å². The summed E-state index contributed by atoms with van der Waals surface area (Å²) in [7, 11) is 0. The Morgan fingerprint density at radius 1 is 1.60 bits per heavy atom. The van der Waals surface area contributed by atoms with Gasteiger partial charge in [0.25, 0.3) is 0 Å². The van der Waals surface area contributed by atoms with Crippen LogP contribution >= 0.6 is 0 Å². The number of hydrogen-bond acceptors (Lipinski definition) is 8. The van der Waals surface area contributed by atoms with Crippen molar-refractivity contribution in [2.45, 2.75) is 50.9 Å². The maximum Gasteiger partial charge on any atom is 0.351 e. The van der Waals surface area contributed by atoms with Gasteiger partial charge in [0.05, 0.1) is 6.61 Å². The molecule has 2 rings (SSSR count). The number of anilines is 1. The fourth-order valence-electron chi connectivity index (χ4n) is 2.62. The number of aliphatic hydroxyl groups excluding tert-OH is 1. The Kier molecular flexibility index (Phi) is 5.45. The molecule has 0 bridgehead atoms. The summed E-state index contributed by atoms with van der Waals surface area (Å²) in [5.74, 6) is -1.05. The number of carbonyl (C=O) groups excluding carboxylic acids is 1. The molecule has 0 spiro atoms. The number of nitrogens with two attached hydrogens (primary N) is 2. The lowest BCUT2D eigenvalue weighted by molar-refractivity contribution is -0.161. The Morgan fingerprint density at radius 3 is 2.76 bits per heavy atom. The van der Waals surface area contributed by atoms with E-state index in [4.69, 9.17) is 20.9 Å². The van der Waals surface area contributed by atoms with E-state index in [1.54, 1.807) is 13.8 Å². The van der Waals surface area contributed by atoms with Gasteiger partial charge in [-0.3, -0.25) is 9.36 Å². The van der Waals surface area contributed by atoms with Crippen molar-refractivity contribution >= 4 is 11.8 Å². The van der Waals surface area contributed by atoms with Crippen molar-refractivity contribution < 1.29 is 23.8 Å². The summed E-state index contributed by atoms with van der Waals surface area (Å²) in [6, 6.07) is 0.359. The van der Waals surface area contributed by atoms with Crippen LogP contribution in [-0.2, 0) is 14.3 Å². The van der Waals surface area contributed by atoms with Crippen LogP contribution in [-0.4, -0.2) is 51.2 Å². The summed E-state index contributed by atoms with van der Waals surface area (Å²) < 4.78 is 26.9. The van der Waals surface area contributed by atoms with E-state index in [0.717, 1.165) is 11.5 Å². The second-order valence-electron chi connectivity index (χ2n) is 6.53. The molecule has 1 saturated heterocycles. The van der Waals surface area contributed by atoms with Gasteiger partial charge >= 0.3 is 11.7 Å². The molecule has 1 aromatic heterocycles. The van der Waals surface area contributed by atoms with Crippen LogP contribution < -0.4 is 17.2 Å². The first kappa shape index (κ1) is 19.3. The van der Waals surface area contributed by atoms with E-state index in [1.807, 2.05) is 0 Å². The Bertz CT molecular complexity index is 693. The molecule has 1 aliphatic rings. The number of aromatic nitrogens is 2. The fourth-order valence-corrected chi connectivity index (χ4v) is 2.62. The van der Waals surface area contributed by atoms with Crippen LogP contribution in [0.5, 0.6) is 0 Å². The van der Waals surface area contributed by atoms with Crippen LogP contribution in [0.1, 0.15) is 27.0 Å². The molecular formula is C15H23FN4O5. The Hall–Kier alpha value is -2.04. The van der Waals surface area contributed by atoms with E-state index in [2.05, 4.69) is 4.98 Å². The van der Waals surface area contributed by atoms with Crippen molar-refractivity contribution in [3.8, 4) is 0 Å². The van der Waals surface area contributed by atoms with E-state index in [0.29, 0.717) is 0 Å². The number of carbonyl (C=O) groups is 1. The Labute approximate surface area is 143 Å². The second kappa shape index (κ2) is 7.06. The van der Waals surface area contributed by atoms with Crippen LogP contribution in [0.15, 0.2) is 17.1 Å². The lowest BCUT2D eigenvalue weighted by Crippen LogP contribution is -2.48. The third kappa shape index (κ3) is 3.65. The number of alkyl halides is 1. The predicted octanol–water partition coefficient (Wildman–Crippen LogP) is -0.661. The van der Waals surface area contributed by atoms with Crippen molar-refractivity contribution in [2.24, 2.45) is 11.7 Å². The molecule has 140 valence electrons. The summed E-state index contributed by atoms with van der Waals surface area (Å²) in [5, 5.41) is 9.47. The molecule has 0 aromatic carbocycles. The molecule has 10 heteroatoms. The third-order valence-corrected chi connectivity index (χ3v) is 4.20. The number of aliphatic hydroxyl groups is 1. The van der Waals surface area contributed by atoms with Gasteiger partial charge < -0.3 is 26.0 Å². The number of ether oxygens (including phenoxy) is 2. The molecule has 1 aromatic rings. The Balaban J connectivity index is 2.32. The lowest BCUT2D eigenvalue weighted by Gasteiger charge is -2.28. The van der Waals surface area contributed by atoms with E-state index >= 15 is 4.39 Å². The van der Waals surface area contributed by atoms with Crippen molar-refractivity contribution in [3.63, 3.8) is 0 Å². The number of halogens is 1. The molecule has 0 radical (unpaired) electrons. The van der Waals surface area contributed by atoms with Crippen molar-refractivity contribution in [2.75, 3.05) is 12.3 Å². The molecule has 25 heavy (non-hydrogen) atoms. The number of nitrogen functional groups attached to an aromatic ring is 1. The normalized spacial score (nSPS) is 30.4. The van der Waals surface area contributed by atoms with Gasteiger partial charge in [-0.05, 0) is 18.9 Å². The van der Waals surface area contributed by atoms with E-state index in [9.17, 15) is 14.7 Å². The van der Waals surface area contributed by atoms with E-state index < -0.39 is 48.4 Å². The first-order valence-corrected chi connectivity index (χ1v) is 7.85. The number of esters is 1. The number of nitrogens with zero attached hydrogens (tertiary/aromatic N) is 2. The minimum absolute atomic E-state index is 0.0237. The zero-order valence-electron chi connectivity index (χ0n) is 14.3. The van der Waals surface area contributed by atoms with E-state index in [-0.39, 0.29) is 11.7 Å². The molecular weight excluding hydrogens is 335 g/mol. The monoisotopic (exact) mass is 358 g/mol. The molecule has 0 amide bonds. The highest BCUT2D eigenvalue weighted by Crippen LogP contribution is 2.42. The summed E-state index contributed by atoms with van der Waals surface area (Å²) in [6.07, 6.45) is -2.82. The largest absolute Gasteiger partial charge is 0.455 e. The zero-order chi connectivity index (χ0) is 18.9. The van der Waals surface area contributed by atoms with Gasteiger partial charge in [-0.15, -0.1) is 0 Å². The average molecular weight is 358 g/mol. The topological polar surface area (TPSA) is 143 Å². The fraction of sp³-hybridized carbons (Fsp3) is 0.667. The quantitative estimate of drug-likeness (QED) is 0.589. The van der Waals surface area contributed by atoms with Crippen molar-refractivity contribution in [3.05, 3.63) is 22.7 Å². The molecule has 5 N–H and O–H groups in total. The van der Waals surface area contributed by atoms with Crippen LogP contribution in [0.25, 0.3) is 0 Å². The predicted molar refractivity (Wildman–Crippen MR) is 86.1 cm³/mol. The summed E-state index contributed by atoms with van der Waals surface area (Å²) in [4.78, 5) is 27.6. The van der Waals surface area contributed by atoms with Gasteiger partial charge in [0.2, 0.25) is 0 Å².